The van der Waals surface area contributed by atoms with Gasteiger partial charge in [-0.25, -0.2) is 0 Å². The van der Waals surface area contributed by atoms with Crippen LogP contribution in [0.5, 0.6) is 0 Å². The number of nitrogens with zero attached hydrogens (tertiary/aromatic N) is 2. The van der Waals surface area contributed by atoms with E-state index in [4.69, 9.17) is 10.5 Å². The minimum Gasteiger partial charge on any atom is -0.397 e. The van der Waals surface area contributed by atoms with Crippen LogP contribution in [-0.4, -0.2) is 37.1 Å². The lowest BCUT2D eigenvalue weighted by molar-refractivity contribution is 0.0303. The van der Waals surface area contributed by atoms with Crippen molar-refractivity contribution in [1.29, 1.82) is 0 Å². The number of hydrogen-bond acceptors (Lipinski definition) is 5. The molecule has 0 aromatic heterocycles. The van der Waals surface area contributed by atoms with Gasteiger partial charge in [0.15, 0.2) is 0 Å². The van der Waals surface area contributed by atoms with E-state index in [9.17, 15) is 9.70 Å². The molecular weight excluding hydrogens is 222 g/mol. The normalized spacial score (nSPS) is 15.6. The highest BCUT2D eigenvalue weighted by Crippen LogP contribution is 2.27. The molecule has 1 aliphatic heterocycles. The van der Waals surface area contributed by atoms with Gasteiger partial charge in [0.2, 0.25) is 0 Å². The van der Waals surface area contributed by atoms with Crippen molar-refractivity contribution in [1.82, 2.24) is 4.90 Å². The Morgan fingerprint density at radius 3 is 2.71 bits per heavy atom. The van der Waals surface area contributed by atoms with Crippen molar-refractivity contribution in [3.63, 3.8) is 0 Å². The molecule has 0 spiro atoms. The SMILES string of the molecule is Nc1cccc(C(=O)N2CCOCC2)c1N=O. The first-order valence-electron chi connectivity index (χ1n) is 5.33. The minimum absolute atomic E-state index is 0.0176. The molecule has 2 N–H and O–H groups in total. The molecule has 1 aromatic rings. The van der Waals surface area contributed by atoms with E-state index in [2.05, 4.69) is 5.18 Å². The van der Waals surface area contributed by atoms with Crippen LogP contribution < -0.4 is 5.73 Å². The van der Waals surface area contributed by atoms with Crippen molar-refractivity contribution in [3.8, 4) is 0 Å². The number of anilines is 1. The van der Waals surface area contributed by atoms with E-state index in [0.29, 0.717) is 26.3 Å². The third-order valence-corrected chi connectivity index (χ3v) is 2.69. The van der Waals surface area contributed by atoms with Crippen LogP contribution in [0.1, 0.15) is 10.4 Å². The number of benzene rings is 1. The van der Waals surface area contributed by atoms with Crippen LogP contribution in [-0.2, 0) is 4.74 Å². The summed E-state index contributed by atoms with van der Waals surface area (Å²) >= 11 is 0. The van der Waals surface area contributed by atoms with E-state index < -0.39 is 0 Å². The molecule has 6 nitrogen and oxygen atoms in total. The molecule has 1 fully saturated rings. The number of hydrogen-bond donors (Lipinski definition) is 1. The van der Waals surface area contributed by atoms with Gasteiger partial charge in [0, 0.05) is 13.1 Å². The van der Waals surface area contributed by atoms with Gasteiger partial charge in [-0.2, -0.15) is 0 Å². The average Bonchev–Trinajstić information content (AvgIpc) is 2.38. The summed E-state index contributed by atoms with van der Waals surface area (Å²) in [6, 6.07) is 4.75. The zero-order chi connectivity index (χ0) is 12.3. The second kappa shape index (κ2) is 4.92. The van der Waals surface area contributed by atoms with Crippen LogP contribution in [0.4, 0.5) is 11.4 Å². The highest BCUT2D eigenvalue weighted by atomic mass is 16.5. The Labute approximate surface area is 98.3 Å². The standard InChI is InChI=1S/C11H13N3O3/c12-9-3-1-2-8(10(9)13-16)11(15)14-4-6-17-7-5-14/h1-3H,4-7,12H2. The first kappa shape index (κ1) is 11.5. The number of carbonyl (C=O) groups excluding carboxylic acids is 1. The lowest BCUT2D eigenvalue weighted by Gasteiger charge is -2.27. The number of nitroso groups, excluding NO2 is 1. The Hall–Kier alpha value is -1.95. The Morgan fingerprint density at radius 2 is 2.06 bits per heavy atom. The van der Waals surface area contributed by atoms with E-state index in [-0.39, 0.29) is 22.8 Å². The highest BCUT2D eigenvalue weighted by Gasteiger charge is 2.22. The van der Waals surface area contributed by atoms with E-state index >= 15 is 0 Å². The van der Waals surface area contributed by atoms with Crippen LogP contribution >= 0.6 is 0 Å². The molecule has 17 heavy (non-hydrogen) atoms. The molecule has 1 saturated heterocycles. The number of nitrogens with two attached hydrogens (primary N) is 1. The summed E-state index contributed by atoms with van der Waals surface area (Å²) in [4.78, 5) is 24.5. The molecular formula is C11H13N3O3. The van der Waals surface area contributed by atoms with Gasteiger partial charge in [-0.15, -0.1) is 4.91 Å². The van der Waals surface area contributed by atoms with Crippen LogP contribution in [0.25, 0.3) is 0 Å². The molecule has 90 valence electrons. The largest absolute Gasteiger partial charge is 0.397 e. The number of carbonyl (C=O) groups is 1. The number of morpholine rings is 1. The van der Waals surface area contributed by atoms with E-state index in [1.54, 1.807) is 23.1 Å². The summed E-state index contributed by atoms with van der Waals surface area (Å²) in [6.45, 7) is 2.06. The fourth-order valence-corrected chi connectivity index (χ4v) is 1.77. The molecule has 0 atom stereocenters. The monoisotopic (exact) mass is 235 g/mol. The molecule has 1 aromatic carbocycles. The van der Waals surface area contributed by atoms with E-state index in [1.807, 2.05) is 0 Å². The van der Waals surface area contributed by atoms with Gasteiger partial charge in [0.1, 0.15) is 5.69 Å². The second-order valence-electron chi connectivity index (χ2n) is 3.74. The topological polar surface area (TPSA) is 85.0 Å². The lowest BCUT2D eigenvalue weighted by Crippen LogP contribution is -2.40. The molecule has 1 aliphatic rings. The molecule has 6 heteroatoms. The van der Waals surface area contributed by atoms with Crippen molar-refractivity contribution in [2.45, 2.75) is 0 Å². The maximum Gasteiger partial charge on any atom is 0.256 e. The number of nitrogen functional groups attached to an aromatic ring is 1. The van der Waals surface area contributed by atoms with Crippen LogP contribution in [0.2, 0.25) is 0 Å². The Bertz CT molecular complexity index is 442. The number of rotatable bonds is 2. The molecule has 1 heterocycles. The minimum atomic E-state index is -0.227. The molecule has 0 unspecified atom stereocenters. The predicted molar refractivity (Wildman–Crippen MR) is 63.0 cm³/mol. The first-order valence-corrected chi connectivity index (χ1v) is 5.33. The molecule has 2 rings (SSSR count). The van der Waals surface area contributed by atoms with Crippen molar-refractivity contribution < 1.29 is 9.53 Å². The summed E-state index contributed by atoms with van der Waals surface area (Å²) in [6.07, 6.45) is 0. The molecule has 0 saturated carbocycles. The maximum absolute atomic E-state index is 12.1. The molecule has 0 bridgehead atoms. The van der Waals surface area contributed by atoms with Crippen molar-refractivity contribution in [2.75, 3.05) is 32.0 Å². The van der Waals surface area contributed by atoms with Gasteiger partial charge in [-0.1, -0.05) is 6.07 Å². The smallest absolute Gasteiger partial charge is 0.256 e. The molecule has 0 aliphatic carbocycles. The fourth-order valence-electron chi connectivity index (χ4n) is 1.77. The summed E-state index contributed by atoms with van der Waals surface area (Å²) < 4.78 is 5.16. The summed E-state index contributed by atoms with van der Waals surface area (Å²) in [5.41, 5.74) is 6.10. The third kappa shape index (κ3) is 2.26. The van der Waals surface area contributed by atoms with Gasteiger partial charge in [0.05, 0.1) is 24.5 Å². The quantitative estimate of drug-likeness (QED) is 0.615. The number of ether oxygens (including phenoxy) is 1. The average molecular weight is 235 g/mol. The maximum atomic E-state index is 12.1. The first-order chi connectivity index (χ1) is 8.24. The van der Waals surface area contributed by atoms with E-state index in [0.717, 1.165) is 0 Å². The van der Waals surface area contributed by atoms with Crippen molar-refractivity contribution in [2.24, 2.45) is 5.18 Å². The summed E-state index contributed by atoms with van der Waals surface area (Å²) in [5.74, 6) is -0.227. The molecule has 1 amide bonds. The van der Waals surface area contributed by atoms with Crippen LogP contribution in [0.3, 0.4) is 0 Å². The summed E-state index contributed by atoms with van der Waals surface area (Å²) in [7, 11) is 0. The van der Waals surface area contributed by atoms with Gasteiger partial charge in [-0.3, -0.25) is 4.79 Å². The molecule has 0 radical (unpaired) electrons. The Balaban J connectivity index is 2.29. The second-order valence-corrected chi connectivity index (χ2v) is 3.74. The van der Waals surface area contributed by atoms with Gasteiger partial charge >= 0.3 is 0 Å². The fraction of sp³-hybridized carbons (Fsp3) is 0.364. The van der Waals surface area contributed by atoms with Crippen molar-refractivity contribution >= 4 is 17.3 Å². The van der Waals surface area contributed by atoms with Crippen LogP contribution in [0, 0.1) is 4.91 Å². The lowest BCUT2D eigenvalue weighted by atomic mass is 10.1. The van der Waals surface area contributed by atoms with E-state index in [1.165, 1.54) is 0 Å². The zero-order valence-corrected chi connectivity index (χ0v) is 9.26. The Morgan fingerprint density at radius 1 is 1.35 bits per heavy atom. The summed E-state index contributed by atoms with van der Waals surface area (Å²) in [5, 5.41) is 2.83. The highest BCUT2D eigenvalue weighted by molar-refractivity contribution is 6.01. The van der Waals surface area contributed by atoms with Gasteiger partial charge < -0.3 is 15.4 Å². The van der Waals surface area contributed by atoms with Crippen molar-refractivity contribution in [3.05, 3.63) is 28.7 Å². The Kier molecular flexibility index (Phi) is 3.34. The van der Waals surface area contributed by atoms with Gasteiger partial charge in [-0.05, 0) is 17.3 Å². The third-order valence-electron chi connectivity index (χ3n) is 2.69. The zero-order valence-electron chi connectivity index (χ0n) is 9.26. The van der Waals surface area contributed by atoms with Crippen LogP contribution in [0.15, 0.2) is 23.4 Å². The predicted octanol–water partition coefficient (Wildman–Crippen LogP) is 1.14. The van der Waals surface area contributed by atoms with Gasteiger partial charge in [0.25, 0.3) is 5.91 Å². The number of amides is 1.